The van der Waals surface area contributed by atoms with Crippen molar-refractivity contribution in [2.45, 2.75) is 0 Å². The summed E-state index contributed by atoms with van der Waals surface area (Å²) in [6.45, 7) is 0. The fourth-order valence-electron chi connectivity index (χ4n) is 2.08. The first kappa shape index (κ1) is 15.8. The van der Waals surface area contributed by atoms with E-state index in [1.165, 1.54) is 0 Å². The smallest absolute Gasteiger partial charge is 0.126 e. The molecule has 22 heavy (non-hydrogen) atoms. The van der Waals surface area contributed by atoms with Crippen LogP contribution >= 0.6 is 0 Å². The highest BCUT2D eigenvalue weighted by atomic mass is 16.5. The van der Waals surface area contributed by atoms with Gasteiger partial charge in [-0.2, -0.15) is 0 Å². The van der Waals surface area contributed by atoms with Crippen molar-refractivity contribution in [3.8, 4) is 23.0 Å². The van der Waals surface area contributed by atoms with E-state index in [-0.39, 0.29) is 0 Å². The first-order valence-electron chi connectivity index (χ1n) is 6.83. The number of ether oxygens (including phenoxy) is 4. The van der Waals surface area contributed by atoms with Gasteiger partial charge in [-0.3, -0.25) is 0 Å². The molecule has 0 unspecified atom stereocenters. The molecule has 0 saturated heterocycles. The molecule has 0 spiro atoms. The van der Waals surface area contributed by atoms with Crippen LogP contribution in [0, 0.1) is 0 Å². The molecular formula is C18H20O4. The molecule has 116 valence electrons. The normalized spacial score (nSPS) is 10.5. The Labute approximate surface area is 130 Å². The molecule has 0 radical (unpaired) electrons. The average Bonchev–Trinajstić information content (AvgIpc) is 2.59. The summed E-state index contributed by atoms with van der Waals surface area (Å²) in [7, 11) is 6.55. The van der Waals surface area contributed by atoms with Gasteiger partial charge in [-0.25, -0.2) is 0 Å². The van der Waals surface area contributed by atoms with E-state index >= 15 is 0 Å². The molecule has 4 heteroatoms. The lowest BCUT2D eigenvalue weighted by Gasteiger charge is -2.08. The fraction of sp³-hybridized carbons (Fsp3) is 0.222. The van der Waals surface area contributed by atoms with E-state index < -0.39 is 0 Å². The third kappa shape index (κ3) is 3.73. The highest BCUT2D eigenvalue weighted by Crippen LogP contribution is 2.27. The monoisotopic (exact) mass is 300 g/mol. The van der Waals surface area contributed by atoms with Crippen LogP contribution < -0.4 is 18.9 Å². The molecule has 0 aliphatic carbocycles. The highest BCUT2D eigenvalue weighted by Gasteiger charge is 2.03. The molecule has 0 N–H and O–H groups in total. The van der Waals surface area contributed by atoms with E-state index in [0.717, 1.165) is 34.1 Å². The maximum Gasteiger partial charge on any atom is 0.126 e. The second kappa shape index (κ2) is 7.41. The first-order chi connectivity index (χ1) is 10.7. The van der Waals surface area contributed by atoms with Crippen LogP contribution in [-0.4, -0.2) is 28.4 Å². The zero-order chi connectivity index (χ0) is 15.9. The number of rotatable bonds is 6. The SMILES string of the molecule is COc1cc(/C=C/c2cc(OC)ccc2OC)cc(OC)c1. The summed E-state index contributed by atoms with van der Waals surface area (Å²) >= 11 is 0. The fourth-order valence-corrected chi connectivity index (χ4v) is 2.08. The van der Waals surface area contributed by atoms with E-state index in [1.807, 2.05) is 48.6 Å². The lowest BCUT2D eigenvalue weighted by Crippen LogP contribution is -1.90. The molecule has 2 aromatic carbocycles. The van der Waals surface area contributed by atoms with Crippen LogP contribution in [0.15, 0.2) is 36.4 Å². The Hall–Kier alpha value is -2.62. The van der Waals surface area contributed by atoms with Gasteiger partial charge in [-0.1, -0.05) is 12.2 Å². The largest absolute Gasteiger partial charge is 0.497 e. The Morgan fingerprint density at radius 2 is 1.27 bits per heavy atom. The Kier molecular flexibility index (Phi) is 5.31. The minimum Gasteiger partial charge on any atom is -0.497 e. The van der Waals surface area contributed by atoms with Gasteiger partial charge in [-0.05, 0) is 35.9 Å². The summed E-state index contributed by atoms with van der Waals surface area (Å²) in [5, 5.41) is 0. The maximum absolute atomic E-state index is 5.37. The van der Waals surface area contributed by atoms with E-state index in [9.17, 15) is 0 Å². The number of benzene rings is 2. The molecule has 4 nitrogen and oxygen atoms in total. The van der Waals surface area contributed by atoms with E-state index in [2.05, 4.69) is 0 Å². The number of hydrogen-bond donors (Lipinski definition) is 0. The molecule has 0 heterocycles. The minimum absolute atomic E-state index is 0.747. The zero-order valence-electron chi connectivity index (χ0n) is 13.3. The third-order valence-corrected chi connectivity index (χ3v) is 3.27. The lowest BCUT2D eigenvalue weighted by molar-refractivity contribution is 0.394. The van der Waals surface area contributed by atoms with Gasteiger partial charge >= 0.3 is 0 Å². The summed E-state index contributed by atoms with van der Waals surface area (Å²) < 4.78 is 21.2. The van der Waals surface area contributed by atoms with Crippen molar-refractivity contribution in [2.24, 2.45) is 0 Å². The molecular weight excluding hydrogens is 280 g/mol. The molecule has 0 fully saturated rings. The van der Waals surface area contributed by atoms with E-state index in [1.54, 1.807) is 28.4 Å². The molecule has 0 aromatic heterocycles. The van der Waals surface area contributed by atoms with E-state index in [4.69, 9.17) is 18.9 Å². The number of methoxy groups -OCH3 is 4. The molecule has 0 bridgehead atoms. The molecule has 0 amide bonds. The Balaban J connectivity index is 2.35. The van der Waals surface area contributed by atoms with Crippen LogP contribution in [0.2, 0.25) is 0 Å². The van der Waals surface area contributed by atoms with Crippen LogP contribution in [0.4, 0.5) is 0 Å². The van der Waals surface area contributed by atoms with Gasteiger partial charge in [0.15, 0.2) is 0 Å². The van der Waals surface area contributed by atoms with Gasteiger partial charge in [0.25, 0.3) is 0 Å². The minimum atomic E-state index is 0.747. The summed E-state index contributed by atoms with van der Waals surface area (Å²) in [4.78, 5) is 0. The van der Waals surface area contributed by atoms with Gasteiger partial charge in [-0.15, -0.1) is 0 Å². The van der Waals surface area contributed by atoms with Crippen LogP contribution in [0.25, 0.3) is 12.2 Å². The zero-order valence-corrected chi connectivity index (χ0v) is 13.3. The standard InChI is InChI=1S/C18H20O4/c1-19-15-7-8-18(22-4)14(11-15)6-5-13-9-16(20-2)12-17(10-13)21-3/h5-12H,1-4H3/b6-5+. The molecule has 2 aromatic rings. The Morgan fingerprint density at radius 3 is 1.82 bits per heavy atom. The van der Waals surface area contributed by atoms with Crippen LogP contribution in [-0.2, 0) is 0 Å². The molecule has 0 aliphatic heterocycles. The van der Waals surface area contributed by atoms with Crippen molar-refractivity contribution in [1.82, 2.24) is 0 Å². The van der Waals surface area contributed by atoms with Crippen LogP contribution in [0.5, 0.6) is 23.0 Å². The van der Waals surface area contributed by atoms with Crippen LogP contribution in [0.3, 0.4) is 0 Å². The summed E-state index contributed by atoms with van der Waals surface area (Å²) in [6.07, 6.45) is 3.94. The van der Waals surface area contributed by atoms with Crippen molar-refractivity contribution in [2.75, 3.05) is 28.4 Å². The van der Waals surface area contributed by atoms with Gasteiger partial charge in [0.1, 0.15) is 23.0 Å². The summed E-state index contributed by atoms with van der Waals surface area (Å²) in [5.41, 5.74) is 1.91. The molecule has 0 aliphatic rings. The van der Waals surface area contributed by atoms with Crippen molar-refractivity contribution >= 4 is 12.2 Å². The Morgan fingerprint density at radius 1 is 0.636 bits per heavy atom. The first-order valence-corrected chi connectivity index (χ1v) is 6.83. The predicted octanol–water partition coefficient (Wildman–Crippen LogP) is 3.89. The van der Waals surface area contributed by atoms with Gasteiger partial charge in [0.05, 0.1) is 28.4 Å². The van der Waals surface area contributed by atoms with Gasteiger partial charge in [0, 0.05) is 11.6 Å². The third-order valence-electron chi connectivity index (χ3n) is 3.27. The highest BCUT2D eigenvalue weighted by molar-refractivity contribution is 5.74. The topological polar surface area (TPSA) is 36.9 Å². The van der Waals surface area contributed by atoms with Gasteiger partial charge in [0.2, 0.25) is 0 Å². The quantitative estimate of drug-likeness (QED) is 0.758. The average molecular weight is 300 g/mol. The summed E-state index contributed by atoms with van der Waals surface area (Å²) in [6, 6.07) is 11.4. The van der Waals surface area contributed by atoms with Crippen molar-refractivity contribution in [1.29, 1.82) is 0 Å². The van der Waals surface area contributed by atoms with Crippen LogP contribution in [0.1, 0.15) is 11.1 Å². The molecule has 0 atom stereocenters. The molecule has 2 rings (SSSR count). The van der Waals surface area contributed by atoms with Crippen molar-refractivity contribution in [3.05, 3.63) is 47.5 Å². The van der Waals surface area contributed by atoms with Crippen molar-refractivity contribution in [3.63, 3.8) is 0 Å². The predicted molar refractivity (Wildman–Crippen MR) is 88.0 cm³/mol. The van der Waals surface area contributed by atoms with E-state index in [0.29, 0.717) is 0 Å². The van der Waals surface area contributed by atoms with Crippen molar-refractivity contribution < 1.29 is 18.9 Å². The lowest BCUT2D eigenvalue weighted by atomic mass is 10.1. The van der Waals surface area contributed by atoms with Gasteiger partial charge < -0.3 is 18.9 Å². The second-order valence-corrected chi connectivity index (χ2v) is 4.59. The second-order valence-electron chi connectivity index (χ2n) is 4.59. The number of hydrogen-bond acceptors (Lipinski definition) is 4. The Bertz CT molecular complexity index is 640. The summed E-state index contributed by atoms with van der Waals surface area (Å²) in [5.74, 6) is 3.06. The maximum atomic E-state index is 5.37. The molecule has 0 saturated carbocycles.